The number of rotatable bonds is 9. The van der Waals surface area contributed by atoms with Crippen molar-refractivity contribution in [3.63, 3.8) is 0 Å². The molecule has 180 valence electrons. The molecule has 1 heterocycles. The molecule has 0 saturated carbocycles. The topological polar surface area (TPSA) is 147 Å². The summed E-state index contributed by atoms with van der Waals surface area (Å²) in [6.07, 6.45) is -2.35. The van der Waals surface area contributed by atoms with Crippen molar-refractivity contribution in [3.8, 4) is 0 Å². The molecule has 1 saturated heterocycles. The number of hydrogen-bond donors (Lipinski definition) is 2. The van der Waals surface area contributed by atoms with Crippen molar-refractivity contribution in [2.45, 2.75) is 72.3 Å². The van der Waals surface area contributed by atoms with Crippen molar-refractivity contribution < 1.29 is 52.1 Å². The summed E-state index contributed by atoms with van der Waals surface area (Å²) in [5.74, 6) is -1.23. The molecule has 0 aromatic carbocycles. The van der Waals surface area contributed by atoms with Gasteiger partial charge in [-0.25, -0.2) is 13.6 Å². The normalized spacial score (nSPS) is 27.2. The third-order valence-corrected chi connectivity index (χ3v) is 5.88. The van der Waals surface area contributed by atoms with E-state index in [1.54, 1.807) is 49.4 Å². The van der Waals surface area contributed by atoms with Crippen LogP contribution in [0.3, 0.4) is 0 Å². The minimum Gasteiger partial charge on any atom is -0.437 e. The molecule has 1 aliphatic rings. The molecular formula is C18H34BO11P. The zero-order chi connectivity index (χ0) is 24.3. The largest absolute Gasteiger partial charge is 0.480 e. The van der Waals surface area contributed by atoms with Crippen molar-refractivity contribution in [2.24, 2.45) is 10.8 Å². The Kier molecular flexibility index (Phi) is 9.30. The van der Waals surface area contributed by atoms with Crippen molar-refractivity contribution >= 4 is 27.6 Å². The summed E-state index contributed by atoms with van der Waals surface area (Å²) in [4.78, 5) is 23.7. The standard InChI is InChI=1S/C18H34BO11P/c1-16(2,3)14(21)25-9-28-31(24,29-10-26-15(22)17(4,5)6)27-8-11-12(20)18(7,23)13(19)30-11/h11-13,20,23H,8-10,19H2,1-7H3/t11-,12-,13?,18-/m1/s1. The van der Waals surface area contributed by atoms with Crippen molar-refractivity contribution in [1.82, 2.24) is 0 Å². The molecule has 4 atom stereocenters. The summed E-state index contributed by atoms with van der Waals surface area (Å²) in [7, 11) is -2.84. The minimum atomic E-state index is -4.40. The van der Waals surface area contributed by atoms with Gasteiger partial charge in [0.1, 0.15) is 25.7 Å². The molecule has 1 aliphatic heterocycles. The molecule has 0 aliphatic carbocycles. The fourth-order valence-electron chi connectivity index (χ4n) is 2.22. The Balaban J connectivity index is 2.76. The first kappa shape index (κ1) is 28.0. The zero-order valence-electron chi connectivity index (χ0n) is 19.4. The number of hydrogen-bond acceptors (Lipinski definition) is 11. The van der Waals surface area contributed by atoms with E-state index in [0.717, 1.165) is 0 Å². The number of aliphatic hydroxyl groups excluding tert-OH is 1. The second kappa shape index (κ2) is 10.3. The second-order valence-electron chi connectivity index (χ2n) is 9.59. The lowest BCUT2D eigenvalue weighted by Crippen LogP contribution is -2.46. The summed E-state index contributed by atoms with van der Waals surface area (Å²) >= 11 is 0. The molecule has 2 N–H and O–H groups in total. The monoisotopic (exact) mass is 468 g/mol. The van der Waals surface area contributed by atoms with Gasteiger partial charge in [-0.2, -0.15) is 0 Å². The lowest BCUT2D eigenvalue weighted by atomic mass is 9.82. The molecule has 1 rings (SSSR count). The highest BCUT2D eigenvalue weighted by atomic mass is 31.2. The van der Waals surface area contributed by atoms with E-state index in [1.165, 1.54) is 6.92 Å². The molecule has 0 bridgehead atoms. The van der Waals surface area contributed by atoms with Crippen LogP contribution in [0.15, 0.2) is 0 Å². The summed E-state index contributed by atoms with van der Waals surface area (Å²) in [5.41, 5.74) is -3.17. The Labute approximate surface area is 183 Å². The third-order valence-electron chi connectivity index (χ3n) is 4.58. The number of ether oxygens (including phenoxy) is 3. The molecular weight excluding hydrogens is 434 g/mol. The second-order valence-corrected chi connectivity index (χ2v) is 11.3. The first-order valence-corrected chi connectivity index (χ1v) is 11.3. The predicted octanol–water partition coefficient (Wildman–Crippen LogP) is 0.708. The van der Waals surface area contributed by atoms with Crippen molar-refractivity contribution in [3.05, 3.63) is 0 Å². The van der Waals surface area contributed by atoms with Crippen LogP contribution in [0.1, 0.15) is 48.5 Å². The van der Waals surface area contributed by atoms with Gasteiger partial charge < -0.3 is 24.4 Å². The Bertz CT molecular complexity index is 647. The van der Waals surface area contributed by atoms with Crippen LogP contribution in [0.25, 0.3) is 0 Å². The van der Waals surface area contributed by atoms with E-state index >= 15 is 0 Å². The van der Waals surface area contributed by atoms with Gasteiger partial charge >= 0.3 is 19.8 Å². The van der Waals surface area contributed by atoms with Crippen LogP contribution in [0.5, 0.6) is 0 Å². The number of aliphatic hydroxyl groups is 2. The number of carbonyl (C=O) groups is 2. The zero-order valence-corrected chi connectivity index (χ0v) is 20.3. The van der Waals surface area contributed by atoms with E-state index in [2.05, 4.69) is 0 Å². The van der Waals surface area contributed by atoms with Crippen molar-refractivity contribution in [2.75, 3.05) is 20.2 Å². The van der Waals surface area contributed by atoms with E-state index in [0.29, 0.717) is 0 Å². The average molecular weight is 468 g/mol. The first-order valence-electron chi connectivity index (χ1n) is 9.84. The summed E-state index contributed by atoms with van der Waals surface area (Å²) in [6.45, 7) is 9.18. The highest BCUT2D eigenvalue weighted by Gasteiger charge is 2.50. The summed E-state index contributed by atoms with van der Waals surface area (Å²) < 4.78 is 43.4. The molecule has 1 fully saturated rings. The highest BCUT2D eigenvalue weighted by Crippen LogP contribution is 2.50. The average Bonchev–Trinajstić information content (AvgIpc) is 2.81. The highest BCUT2D eigenvalue weighted by molar-refractivity contribution is 7.48. The maximum Gasteiger partial charge on any atom is 0.480 e. The molecule has 0 aromatic rings. The minimum absolute atomic E-state index is 0.473. The van der Waals surface area contributed by atoms with Gasteiger partial charge in [-0.3, -0.25) is 14.1 Å². The van der Waals surface area contributed by atoms with E-state index < -0.39 is 74.6 Å². The molecule has 0 spiro atoms. The van der Waals surface area contributed by atoms with Crippen LogP contribution < -0.4 is 0 Å². The van der Waals surface area contributed by atoms with E-state index in [9.17, 15) is 24.4 Å². The molecule has 1 unspecified atom stereocenters. The van der Waals surface area contributed by atoms with Gasteiger partial charge in [-0.15, -0.1) is 0 Å². The number of esters is 2. The maximum atomic E-state index is 12.9. The Morgan fingerprint density at radius 2 is 1.42 bits per heavy atom. The molecule has 0 amide bonds. The lowest BCUT2D eigenvalue weighted by Gasteiger charge is -2.25. The first-order chi connectivity index (χ1) is 13.9. The quantitative estimate of drug-likeness (QED) is 0.213. The van der Waals surface area contributed by atoms with Crippen LogP contribution >= 0.6 is 7.82 Å². The Hall–Kier alpha value is -1.01. The Morgan fingerprint density at radius 1 is 1.00 bits per heavy atom. The Morgan fingerprint density at radius 3 is 1.74 bits per heavy atom. The number of carbonyl (C=O) groups excluding carboxylic acids is 2. The fourth-order valence-corrected chi connectivity index (χ4v) is 3.14. The molecule has 0 aromatic heterocycles. The van der Waals surface area contributed by atoms with Crippen LogP contribution in [0.4, 0.5) is 0 Å². The van der Waals surface area contributed by atoms with Gasteiger partial charge in [0.2, 0.25) is 13.6 Å². The third kappa shape index (κ3) is 8.13. The smallest absolute Gasteiger partial charge is 0.437 e. The van der Waals surface area contributed by atoms with Gasteiger partial charge in [0, 0.05) is 0 Å². The predicted molar refractivity (Wildman–Crippen MR) is 110 cm³/mol. The van der Waals surface area contributed by atoms with Crippen LogP contribution in [0, 0.1) is 10.8 Å². The summed E-state index contributed by atoms with van der Waals surface area (Å²) in [5, 5.41) is 20.4. The van der Waals surface area contributed by atoms with E-state index in [1.807, 2.05) is 0 Å². The molecule has 11 nitrogen and oxygen atoms in total. The van der Waals surface area contributed by atoms with E-state index in [-0.39, 0.29) is 0 Å². The molecule has 13 heteroatoms. The van der Waals surface area contributed by atoms with Crippen molar-refractivity contribution in [1.29, 1.82) is 0 Å². The van der Waals surface area contributed by atoms with Gasteiger partial charge in [-0.05, 0) is 48.5 Å². The van der Waals surface area contributed by atoms with Gasteiger partial charge in [0.15, 0.2) is 0 Å². The number of phosphoric ester groups is 1. The summed E-state index contributed by atoms with van der Waals surface area (Å²) in [6, 6.07) is -0.710. The lowest BCUT2D eigenvalue weighted by molar-refractivity contribution is -0.163. The van der Waals surface area contributed by atoms with Crippen LogP contribution in [-0.2, 0) is 41.9 Å². The van der Waals surface area contributed by atoms with Gasteiger partial charge in [-0.1, -0.05) is 0 Å². The van der Waals surface area contributed by atoms with Crippen LogP contribution in [0.2, 0.25) is 0 Å². The van der Waals surface area contributed by atoms with Gasteiger partial charge in [0.25, 0.3) is 0 Å². The molecule has 0 radical (unpaired) electrons. The van der Waals surface area contributed by atoms with E-state index in [4.69, 9.17) is 27.8 Å². The number of phosphoric acid groups is 1. The van der Waals surface area contributed by atoms with Gasteiger partial charge in [0.05, 0.1) is 23.4 Å². The van der Waals surface area contributed by atoms with Crippen LogP contribution in [-0.4, -0.2) is 74.0 Å². The molecule has 31 heavy (non-hydrogen) atoms. The SMILES string of the molecule is BC1O[C@H](COP(=O)(OCOC(=O)C(C)(C)C)OCOC(=O)C(C)(C)C)[C@@H](O)[C@@]1(C)O. The fraction of sp³-hybridized carbons (Fsp3) is 0.889. The maximum absolute atomic E-state index is 12.9.